The second-order valence-corrected chi connectivity index (χ2v) is 2.99. The van der Waals surface area contributed by atoms with Gasteiger partial charge in [0.25, 0.3) is 0 Å². The first-order valence-electron chi connectivity index (χ1n) is 3.96. The first kappa shape index (κ1) is 8.49. The summed E-state index contributed by atoms with van der Waals surface area (Å²) >= 11 is 0. The molecule has 1 aliphatic heterocycles. The molecule has 0 bridgehead atoms. The first-order chi connectivity index (χ1) is 5.08. The molecule has 0 aliphatic carbocycles. The molecule has 0 spiro atoms. The quantitative estimate of drug-likeness (QED) is 0.535. The number of carbonyl (C=O) groups is 1. The van der Waals surface area contributed by atoms with Gasteiger partial charge in [-0.3, -0.25) is 16.3 Å². The monoisotopic (exact) mass is 157 g/mol. The molecular formula is C7H15N3O. The van der Waals surface area contributed by atoms with Crippen LogP contribution in [0.2, 0.25) is 0 Å². The van der Waals surface area contributed by atoms with E-state index in [2.05, 4.69) is 0 Å². The number of nitrogens with two attached hydrogens (primary N) is 2. The largest absolute Gasteiger partial charge is 0.312 e. The van der Waals surface area contributed by atoms with Gasteiger partial charge in [0.1, 0.15) is 5.79 Å². The van der Waals surface area contributed by atoms with E-state index in [1.54, 1.807) is 4.90 Å². The fourth-order valence-electron chi connectivity index (χ4n) is 1.28. The Bertz CT molecular complexity index is 167. The lowest BCUT2D eigenvalue weighted by molar-refractivity contribution is -0.133. The molecule has 1 saturated heterocycles. The number of rotatable bonds is 2. The second kappa shape index (κ2) is 2.79. The Balaban J connectivity index is 2.65. The van der Waals surface area contributed by atoms with Gasteiger partial charge in [-0.15, -0.1) is 0 Å². The lowest BCUT2D eigenvalue weighted by atomic mass is 10.2. The smallest absolute Gasteiger partial charge is 0.225 e. The number of hydrogen-bond donors (Lipinski definition) is 2. The predicted molar refractivity (Wildman–Crippen MR) is 42.3 cm³/mol. The molecule has 1 fully saturated rings. The van der Waals surface area contributed by atoms with Gasteiger partial charge in [0.2, 0.25) is 5.91 Å². The average molecular weight is 157 g/mol. The lowest BCUT2D eigenvalue weighted by Gasteiger charge is -2.33. The van der Waals surface area contributed by atoms with Crippen LogP contribution in [0.5, 0.6) is 0 Å². The minimum Gasteiger partial charge on any atom is -0.312 e. The molecule has 11 heavy (non-hydrogen) atoms. The highest BCUT2D eigenvalue weighted by Crippen LogP contribution is 2.16. The van der Waals surface area contributed by atoms with Crippen LogP contribution in [0.1, 0.15) is 26.2 Å². The number of amides is 1. The van der Waals surface area contributed by atoms with Crippen molar-refractivity contribution in [2.45, 2.75) is 32.0 Å². The van der Waals surface area contributed by atoms with Crippen LogP contribution in [-0.2, 0) is 4.79 Å². The highest BCUT2D eigenvalue weighted by Gasteiger charge is 2.33. The standard InChI is InChI=1S/C7H15N3O/c1-2-7(8,9)10-5-3-4-6(10)11/h2-5,8-9H2,1H3. The minimum absolute atomic E-state index is 0.0804. The summed E-state index contributed by atoms with van der Waals surface area (Å²) in [6, 6.07) is 0. The van der Waals surface area contributed by atoms with Crippen LogP contribution in [0, 0.1) is 0 Å². The van der Waals surface area contributed by atoms with E-state index < -0.39 is 5.79 Å². The Morgan fingerprint density at radius 2 is 2.27 bits per heavy atom. The molecule has 1 amide bonds. The molecule has 1 aliphatic rings. The average Bonchev–Trinajstić information content (AvgIpc) is 2.36. The molecule has 0 saturated carbocycles. The van der Waals surface area contributed by atoms with Gasteiger partial charge in [-0.05, 0) is 12.8 Å². The van der Waals surface area contributed by atoms with Gasteiger partial charge in [-0.1, -0.05) is 6.92 Å². The highest BCUT2D eigenvalue weighted by atomic mass is 16.2. The molecule has 4 N–H and O–H groups in total. The van der Waals surface area contributed by atoms with Gasteiger partial charge in [-0.25, -0.2) is 0 Å². The van der Waals surface area contributed by atoms with E-state index in [9.17, 15) is 4.79 Å². The molecule has 0 aromatic rings. The Labute approximate surface area is 66.5 Å². The maximum absolute atomic E-state index is 11.1. The molecule has 64 valence electrons. The summed E-state index contributed by atoms with van der Waals surface area (Å²) in [5.41, 5.74) is 11.4. The van der Waals surface area contributed by atoms with Crippen molar-refractivity contribution < 1.29 is 4.79 Å². The Kier molecular flexibility index (Phi) is 2.15. The van der Waals surface area contributed by atoms with E-state index in [0.29, 0.717) is 19.4 Å². The van der Waals surface area contributed by atoms with Gasteiger partial charge in [0, 0.05) is 13.0 Å². The molecule has 0 unspecified atom stereocenters. The zero-order valence-corrected chi connectivity index (χ0v) is 6.84. The summed E-state index contributed by atoms with van der Waals surface area (Å²) in [6.45, 7) is 2.59. The van der Waals surface area contributed by atoms with Gasteiger partial charge in [0.05, 0.1) is 0 Å². The van der Waals surface area contributed by atoms with E-state index in [-0.39, 0.29) is 5.91 Å². The SMILES string of the molecule is CCC(N)(N)N1CCCC1=O. The van der Waals surface area contributed by atoms with Crippen molar-refractivity contribution in [3.63, 3.8) is 0 Å². The normalized spacial score (nSPS) is 19.5. The Morgan fingerprint density at radius 3 is 2.64 bits per heavy atom. The predicted octanol–water partition coefficient (Wildman–Crippen LogP) is -0.410. The Hall–Kier alpha value is -0.610. The van der Waals surface area contributed by atoms with Gasteiger partial charge in [-0.2, -0.15) is 0 Å². The molecule has 0 radical (unpaired) electrons. The number of likely N-dealkylation sites (tertiary alicyclic amines) is 1. The van der Waals surface area contributed by atoms with E-state index in [0.717, 1.165) is 6.42 Å². The van der Waals surface area contributed by atoms with Crippen LogP contribution in [0.3, 0.4) is 0 Å². The molecule has 1 rings (SSSR count). The number of hydrogen-bond acceptors (Lipinski definition) is 3. The van der Waals surface area contributed by atoms with E-state index in [1.807, 2.05) is 6.92 Å². The van der Waals surface area contributed by atoms with Crippen molar-refractivity contribution in [1.29, 1.82) is 0 Å². The van der Waals surface area contributed by atoms with Gasteiger partial charge < -0.3 is 4.90 Å². The molecule has 0 aromatic heterocycles. The fourth-order valence-corrected chi connectivity index (χ4v) is 1.28. The van der Waals surface area contributed by atoms with Crippen LogP contribution >= 0.6 is 0 Å². The van der Waals surface area contributed by atoms with Crippen LogP contribution in [0.25, 0.3) is 0 Å². The van der Waals surface area contributed by atoms with E-state index >= 15 is 0 Å². The maximum Gasteiger partial charge on any atom is 0.225 e. The van der Waals surface area contributed by atoms with Crippen LogP contribution in [0.15, 0.2) is 0 Å². The number of nitrogens with zero attached hydrogens (tertiary/aromatic N) is 1. The third-order valence-corrected chi connectivity index (χ3v) is 2.14. The topological polar surface area (TPSA) is 72.3 Å². The molecule has 4 heteroatoms. The molecular weight excluding hydrogens is 142 g/mol. The summed E-state index contributed by atoms with van der Waals surface area (Å²) in [6.07, 6.45) is 2.07. The highest BCUT2D eigenvalue weighted by molar-refractivity contribution is 5.78. The van der Waals surface area contributed by atoms with Crippen molar-refractivity contribution >= 4 is 5.91 Å². The van der Waals surface area contributed by atoms with Gasteiger partial charge in [0.15, 0.2) is 0 Å². The molecule has 1 heterocycles. The zero-order valence-electron chi connectivity index (χ0n) is 6.84. The van der Waals surface area contributed by atoms with Gasteiger partial charge >= 0.3 is 0 Å². The summed E-state index contributed by atoms with van der Waals surface area (Å²) in [5, 5.41) is 0. The number of carbonyl (C=O) groups excluding carboxylic acids is 1. The van der Waals surface area contributed by atoms with Crippen molar-refractivity contribution in [2.24, 2.45) is 11.5 Å². The lowest BCUT2D eigenvalue weighted by Crippen LogP contribution is -2.63. The van der Waals surface area contributed by atoms with Crippen LogP contribution in [-0.4, -0.2) is 23.1 Å². The molecule has 0 aromatic carbocycles. The third kappa shape index (κ3) is 1.52. The zero-order chi connectivity index (χ0) is 8.48. The molecule has 4 nitrogen and oxygen atoms in total. The maximum atomic E-state index is 11.1. The van der Waals surface area contributed by atoms with E-state index in [1.165, 1.54) is 0 Å². The third-order valence-electron chi connectivity index (χ3n) is 2.14. The van der Waals surface area contributed by atoms with Crippen LogP contribution in [0.4, 0.5) is 0 Å². The van der Waals surface area contributed by atoms with Crippen molar-refractivity contribution in [3.8, 4) is 0 Å². The Morgan fingerprint density at radius 1 is 1.64 bits per heavy atom. The van der Waals surface area contributed by atoms with Crippen molar-refractivity contribution in [2.75, 3.05) is 6.54 Å². The van der Waals surface area contributed by atoms with Crippen molar-refractivity contribution in [1.82, 2.24) is 4.90 Å². The first-order valence-corrected chi connectivity index (χ1v) is 3.96. The summed E-state index contributed by atoms with van der Waals surface area (Å²) in [5.74, 6) is -0.843. The van der Waals surface area contributed by atoms with Crippen LogP contribution < -0.4 is 11.5 Å². The summed E-state index contributed by atoms with van der Waals surface area (Å²) in [7, 11) is 0. The van der Waals surface area contributed by atoms with E-state index in [4.69, 9.17) is 11.5 Å². The van der Waals surface area contributed by atoms with Crippen molar-refractivity contribution in [3.05, 3.63) is 0 Å². The summed E-state index contributed by atoms with van der Waals surface area (Å²) < 4.78 is 0. The fraction of sp³-hybridized carbons (Fsp3) is 0.857. The molecule has 0 atom stereocenters. The summed E-state index contributed by atoms with van der Waals surface area (Å²) in [4.78, 5) is 12.7. The second-order valence-electron chi connectivity index (χ2n) is 2.99. The minimum atomic E-state index is -0.923.